The molecule has 0 fully saturated rings. The minimum Gasteiger partial charge on any atom is -0.327 e. The average molecular weight is 545 g/mol. The molecule has 5 aromatic rings. The molecule has 1 heterocycles. The summed E-state index contributed by atoms with van der Waals surface area (Å²) in [6.07, 6.45) is 0.514. The Balaban J connectivity index is 1.49. The van der Waals surface area contributed by atoms with Crippen molar-refractivity contribution < 1.29 is 4.79 Å². The molecule has 1 unspecified atom stereocenters. The van der Waals surface area contributed by atoms with Crippen LogP contribution in [0.1, 0.15) is 34.1 Å². The van der Waals surface area contributed by atoms with Gasteiger partial charge in [-0.25, -0.2) is 4.79 Å². The molecule has 0 aliphatic carbocycles. The molecule has 0 aliphatic rings. The van der Waals surface area contributed by atoms with Crippen molar-refractivity contribution in [2.75, 3.05) is 5.32 Å². The van der Waals surface area contributed by atoms with E-state index >= 15 is 0 Å². The summed E-state index contributed by atoms with van der Waals surface area (Å²) in [7, 11) is 0. The van der Waals surface area contributed by atoms with Crippen LogP contribution in [0.25, 0.3) is 5.69 Å². The van der Waals surface area contributed by atoms with Crippen LogP contribution in [0.5, 0.6) is 0 Å². The Morgan fingerprint density at radius 3 is 2.30 bits per heavy atom. The quantitative estimate of drug-likeness (QED) is 0.198. The van der Waals surface area contributed by atoms with E-state index in [4.69, 9.17) is 0 Å². The van der Waals surface area contributed by atoms with E-state index in [0.717, 1.165) is 27.7 Å². The van der Waals surface area contributed by atoms with Gasteiger partial charge in [0.1, 0.15) is 0 Å². The number of benzene rings is 4. The zero-order chi connectivity index (χ0) is 27.7. The maximum absolute atomic E-state index is 13.2. The van der Waals surface area contributed by atoms with Gasteiger partial charge in [-0.1, -0.05) is 96.2 Å². The molecule has 1 aromatic heterocycles. The molecule has 1 atom stereocenters. The first-order valence-electron chi connectivity index (χ1n) is 12.9. The van der Waals surface area contributed by atoms with Crippen LogP contribution in [-0.4, -0.2) is 20.8 Å². The van der Waals surface area contributed by atoms with Crippen molar-refractivity contribution in [3.8, 4) is 11.8 Å². The zero-order valence-electron chi connectivity index (χ0n) is 22.0. The Morgan fingerprint density at radius 1 is 0.900 bits per heavy atom. The van der Waals surface area contributed by atoms with Gasteiger partial charge >= 0.3 is 6.03 Å². The second kappa shape index (κ2) is 12.8. The second-order valence-corrected chi connectivity index (χ2v) is 10.3. The highest BCUT2D eigenvalue weighted by Crippen LogP contribution is 2.29. The monoisotopic (exact) mass is 544 g/mol. The van der Waals surface area contributed by atoms with E-state index in [9.17, 15) is 10.1 Å². The third-order valence-corrected chi connectivity index (χ3v) is 7.31. The van der Waals surface area contributed by atoms with E-state index in [2.05, 4.69) is 51.2 Å². The number of nitriles is 1. The third kappa shape index (κ3) is 6.76. The minimum atomic E-state index is -0.485. The lowest BCUT2D eigenvalue weighted by Gasteiger charge is -2.21. The predicted octanol–water partition coefficient (Wildman–Crippen LogP) is 6.85. The van der Waals surface area contributed by atoms with Gasteiger partial charge in [-0.2, -0.15) is 5.26 Å². The first-order valence-corrected chi connectivity index (χ1v) is 13.9. The molecule has 2 N–H and O–H groups in total. The van der Waals surface area contributed by atoms with Gasteiger partial charge in [-0.05, 0) is 48.4 Å². The van der Waals surface area contributed by atoms with E-state index in [0.29, 0.717) is 23.5 Å². The van der Waals surface area contributed by atoms with Gasteiger partial charge in [-0.3, -0.25) is 4.57 Å². The predicted molar refractivity (Wildman–Crippen MR) is 158 cm³/mol. The molecule has 4 aromatic carbocycles. The number of aryl methyl sites for hydroxylation is 1. The number of urea groups is 1. The van der Waals surface area contributed by atoms with Gasteiger partial charge in [-0.15, -0.1) is 10.2 Å². The van der Waals surface area contributed by atoms with Gasteiger partial charge in [0.2, 0.25) is 0 Å². The van der Waals surface area contributed by atoms with Crippen LogP contribution >= 0.6 is 11.8 Å². The van der Waals surface area contributed by atoms with Gasteiger partial charge in [0.05, 0.1) is 17.7 Å². The lowest BCUT2D eigenvalue weighted by molar-refractivity contribution is 0.247. The molecule has 0 saturated heterocycles. The molecule has 8 heteroatoms. The van der Waals surface area contributed by atoms with Crippen LogP contribution in [0.2, 0.25) is 0 Å². The Kier molecular flexibility index (Phi) is 8.54. The average Bonchev–Trinajstić information content (AvgIpc) is 3.41. The number of carbonyl (C=O) groups excluding carboxylic acids is 1. The van der Waals surface area contributed by atoms with Crippen LogP contribution in [-0.2, 0) is 12.2 Å². The number of rotatable bonds is 9. The molecular weight excluding hydrogens is 516 g/mol. The van der Waals surface area contributed by atoms with Gasteiger partial charge in [0, 0.05) is 23.5 Å². The summed E-state index contributed by atoms with van der Waals surface area (Å²) in [5.74, 6) is 1.36. The van der Waals surface area contributed by atoms with Gasteiger partial charge in [0.25, 0.3) is 0 Å². The number of thioether (sulfide) groups is 1. The highest BCUT2D eigenvalue weighted by Gasteiger charge is 2.25. The second-order valence-electron chi connectivity index (χ2n) is 9.32. The van der Waals surface area contributed by atoms with E-state index in [1.54, 1.807) is 36.0 Å². The van der Waals surface area contributed by atoms with Crippen molar-refractivity contribution in [3.63, 3.8) is 0 Å². The van der Waals surface area contributed by atoms with Crippen LogP contribution in [0.15, 0.2) is 114 Å². The zero-order valence-corrected chi connectivity index (χ0v) is 22.8. The molecule has 0 spiro atoms. The highest BCUT2D eigenvalue weighted by molar-refractivity contribution is 7.98. The number of nitrogens with zero attached hydrogens (tertiary/aromatic N) is 4. The van der Waals surface area contributed by atoms with Crippen LogP contribution in [0.4, 0.5) is 10.5 Å². The number of anilines is 1. The molecule has 40 heavy (non-hydrogen) atoms. The van der Waals surface area contributed by atoms with E-state index in [1.807, 2.05) is 72.2 Å². The Bertz CT molecular complexity index is 1610. The summed E-state index contributed by atoms with van der Waals surface area (Å²) < 4.78 is 2.03. The summed E-state index contributed by atoms with van der Waals surface area (Å²) in [5.41, 5.74) is 5.31. The minimum absolute atomic E-state index is 0.395. The summed E-state index contributed by atoms with van der Waals surface area (Å²) >= 11 is 1.60. The molecule has 0 saturated carbocycles. The summed E-state index contributed by atoms with van der Waals surface area (Å²) in [4.78, 5) is 13.2. The molecule has 0 radical (unpaired) electrons. The summed E-state index contributed by atoms with van der Waals surface area (Å²) in [6, 6.07) is 36.4. The first-order chi connectivity index (χ1) is 19.6. The Hall–Kier alpha value is -4.87. The molecule has 0 aliphatic heterocycles. The highest BCUT2D eigenvalue weighted by atomic mass is 32.2. The SMILES string of the molecule is Cc1ccc(-n2c(SCc3ccccc3)nnc2C(Cc2ccccc2)NC(=O)Nc2cccc(C#N)c2)cc1. The first kappa shape index (κ1) is 26.7. The van der Waals surface area contributed by atoms with Crippen LogP contribution in [0, 0.1) is 18.3 Å². The van der Waals surface area contributed by atoms with Crippen molar-refractivity contribution in [2.45, 2.75) is 30.3 Å². The fraction of sp³-hybridized carbons (Fsp3) is 0.125. The maximum atomic E-state index is 13.2. The summed E-state index contributed by atoms with van der Waals surface area (Å²) in [5, 5.41) is 25.1. The van der Waals surface area contributed by atoms with Crippen LogP contribution in [0.3, 0.4) is 0 Å². The van der Waals surface area contributed by atoms with Crippen molar-refractivity contribution >= 4 is 23.5 Å². The lowest BCUT2D eigenvalue weighted by Crippen LogP contribution is -2.35. The fourth-order valence-electron chi connectivity index (χ4n) is 4.31. The van der Waals surface area contributed by atoms with Gasteiger partial charge < -0.3 is 10.6 Å². The molecular formula is C32H28N6OS. The fourth-order valence-corrected chi connectivity index (χ4v) is 5.22. The molecule has 0 bridgehead atoms. The molecule has 198 valence electrons. The molecule has 7 nitrogen and oxygen atoms in total. The van der Waals surface area contributed by atoms with Crippen molar-refractivity contribution in [3.05, 3.63) is 137 Å². The number of hydrogen-bond acceptors (Lipinski definition) is 5. The van der Waals surface area contributed by atoms with Gasteiger partial charge in [0.15, 0.2) is 11.0 Å². The Labute approximate surface area is 237 Å². The maximum Gasteiger partial charge on any atom is 0.319 e. The van der Waals surface area contributed by atoms with E-state index in [1.165, 1.54) is 5.56 Å². The van der Waals surface area contributed by atoms with Crippen molar-refractivity contribution in [2.24, 2.45) is 0 Å². The Morgan fingerprint density at radius 2 is 1.60 bits per heavy atom. The number of nitrogens with one attached hydrogen (secondary N) is 2. The standard InChI is InChI=1S/C32H28N6OS/c1-23-15-17-28(18-16-23)38-30(36-37-32(38)40-22-25-11-6-3-7-12-25)29(20-24-9-4-2-5-10-24)35-31(39)34-27-14-8-13-26(19-27)21-33/h2-19,29H,20,22H2,1H3,(H2,34,35,39). The number of amides is 2. The summed E-state index contributed by atoms with van der Waals surface area (Å²) in [6.45, 7) is 2.05. The number of hydrogen-bond donors (Lipinski definition) is 2. The smallest absolute Gasteiger partial charge is 0.319 e. The number of aromatic nitrogens is 3. The van der Waals surface area contributed by atoms with Crippen molar-refractivity contribution in [1.82, 2.24) is 20.1 Å². The lowest BCUT2D eigenvalue weighted by atomic mass is 10.1. The normalized spacial score (nSPS) is 11.4. The molecule has 2 amide bonds. The third-order valence-electron chi connectivity index (χ3n) is 6.31. The van der Waals surface area contributed by atoms with E-state index in [-0.39, 0.29) is 0 Å². The van der Waals surface area contributed by atoms with Crippen LogP contribution < -0.4 is 10.6 Å². The van der Waals surface area contributed by atoms with E-state index < -0.39 is 12.1 Å². The number of carbonyl (C=O) groups is 1. The topological polar surface area (TPSA) is 95.6 Å². The largest absolute Gasteiger partial charge is 0.327 e. The van der Waals surface area contributed by atoms with Crippen molar-refractivity contribution in [1.29, 1.82) is 5.26 Å². The molecule has 5 rings (SSSR count).